The maximum absolute atomic E-state index is 12.6. The highest BCUT2D eigenvalue weighted by molar-refractivity contribution is 9.11. The Morgan fingerprint density at radius 1 is 1.14 bits per heavy atom. The summed E-state index contributed by atoms with van der Waals surface area (Å²) in [6.07, 6.45) is 0. The molecule has 0 aromatic heterocycles. The van der Waals surface area contributed by atoms with E-state index in [1.807, 2.05) is 49.4 Å². The maximum Gasteiger partial charge on any atom is 0.254 e. The van der Waals surface area contributed by atoms with Gasteiger partial charge in [0.05, 0.1) is 0 Å². The molecule has 0 spiro atoms. The Morgan fingerprint density at radius 2 is 1.81 bits per heavy atom. The average Bonchev–Trinajstić information content (AvgIpc) is 2.43. The van der Waals surface area contributed by atoms with Crippen molar-refractivity contribution >= 4 is 49.4 Å². The molecule has 0 aliphatic carbocycles. The Morgan fingerprint density at radius 3 is 2.38 bits per heavy atom. The predicted molar refractivity (Wildman–Crippen MR) is 93.7 cm³/mol. The van der Waals surface area contributed by atoms with Gasteiger partial charge in [-0.1, -0.05) is 55.6 Å². The number of rotatable bonds is 4. The van der Waals surface area contributed by atoms with E-state index in [2.05, 4.69) is 31.9 Å². The summed E-state index contributed by atoms with van der Waals surface area (Å²) < 4.78 is 1.75. The van der Waals surface area contributed by atoms with Crippen molar-refractivity contribution in [3.63, 3.8) is 0 Å². The van der Waals surface area contributed by atoms with Gasteiger partial charge >= 0.3 is 0 Å². The first-order valence-corrected chi connectivity index (χ1v) is 8.46. The minimum absolute atomic E-state index is 0.000486. The van der Waals surface area contributed by atoms with Crippen LogP contribution < -0.4 is 0 Å². The number of carbonyl (C=O) groups is 1. The van der Waals surface area contributed by atoms with Crippen molar-refractivity contribution in [1.82, 2.24) is 4.90 Å². The van der Waals surface area contributed by atoms with Crippen molar-refractivity contribution in [3.8, 4) is 0 Å². The summed E-state index contributed by atoms with van der Waals surface area (Å²) in [6.45, 7) is 3.14. The molecule has 0 aliphatic heterocycles. The van der Waals surface area contributed by atoms with Crippen molar-refractivity contribution in [1.29, 1.82) is 0 Å². The third kappa shape index (κ3) is 4.56. The van der Waals surface area contributed by atoms with E-state index in [1.165, 1.54) is 0 Å². The van der Waals surface area contributed by atoms with E-state index in [1.54, 1.807) is 4.90 Å². The lowest BCUT2D eigenvalue weighted by Gasteiger charge is -2.21. The maximum atomic E-state index is 12.6. The monoisotopic (exact) mass is 429 g/mol. The van der Waals surface area contributed by atoms with Crippen LogP contribution in [-0.4, -0.2) is 17.4 Å². The second-order valence-corrected chi connectivity index (χ2v) is 6.88. The van der Waals surface area contributed by atoms with Gasteiger partial charge in [0.25, 0.3) is 5.91 Å². The highest BCUT2D eigenvalue weighted by Crippen LogP contribution is 2.22. The standard InChI is InChI=1S/C16H14Br2ClNO/c1-2-20(10-11-4-3-5-15(19)6-11)16(21)12-7-13(17)9-14(18)8-12/h3-9H,2,10H2,1H3. The van der Waals surface area contributed by atoms with E-state index in [0.29, 0.717) is 23.7 Å². The van der Waals surface area contributed by atoms with Crippen LogP contribution in [0, 0.1) is 0 Å². The normalized spacial score (nSPS) is 10.5. The molecule has 0 saturated heterocycles. The molecule has 0 radical (unpaired) electrons. The minimum atomic E-state index is -0.000486. The predicted octanol–water partition coefficient (Wildman–Crippen LogP) is 5.53. The topological polar surface area (TPSA) is 20.3 Å². The van der Waals surface area contributed by atoms with E-state index >= 15 is 0 Å². The number of amides is 1. The van der Waals surface area contributed by atoms with Crippen LogP contribution in [0.25, 0.3) is 0 Å². The van der Waals surface area contributed by atoms with Crippen molar-refractivity contribution in [3.05, 3.63) is 67.6 Å². The first-order valence-electron chi connectivity index (χ1n) is 6.49. The summed E-state index contributed by atoms with van der Waals surface area (Å²) >= 11 is 12.8. The molecule has 0 aliphatic rings. The molecule has 0 fully saturated rings. The number of hydrogen-bond acceptors (Lipinski definition) is 1. The van der Waals surface area contributed by atoms with Gasteiger partial charge in [-0.2, -0.15) is 0 Å². The lowest BCUT2D eigenvalue weighted by atomic mass is 10.1. The Labute approximate surface area is 146 Å². The number of benzene rings is 2. The van der Waals surface area contributed by atoms with Gasteiger partial charge in [0.15, 0.2) is 0 Å². The summed E-state index contributed by atoms with van der Waals surface area (Å²) in [7, 11) is 0. The molecule has 0 saturated carbocycles. The van der Waals surface area contributed by atoms with Gasteiger partial charge < -0.3 is 4.90 Å². The molecule has 2 aromatic carbocycles. The van der Waals surface area contributed by atoms with Gasteiger partial charge in [0.2, 0.25) is 0 Å². The fraction of sp³-hybridized carbons (Fsp3) is 0.188. The van der Waals surface area contributed by atoms with Gasteiger partial charge in [-0.15, -0.1) is 0 Å². The van der Waals surface area contributed by atoms with Crippen LogP contribution in [0.2, 0.25) is 5.02 Å². The minimum Gasteiger partial charge on any atom is -0.335 e. The summed E-state index contributed by atoms with van der Waals surface area (Å²) in [5, 5.41) is 0.682. The Balaban J connectivity index is 2.22. The smallest absolute Gasteiger partial charge is 0.254 e. The van der Waals surface area contributed by atoms with E-state index < -0.39 is 0 Å². The van der Waals surface area contributed by atoms with Crippen LogP contribution in [0.15, 0.2) is 51.4 Å². The average molecular weight is 432 g/mol. The molecule has 0 N–H and O–H groups in total. The summed E-state index contributed by atoms with van der Waals surface area (Å²) in [6, 6.07) is 13.1. The third-order valence-electron chi connectivity index (χ3n) is 3.04. The van der Waals surface area contributed by atoms with Crippen LogP contribution in [0.1, 0.15) is 22.8 Å². The molecule has 5 heteroatoms. The summed E-state index contributed by atoms with van der Waals surface area (Å²) in [4.78, 5) is 14.4. The van der Waals surface area contributed by atoms with E-state index in [4.69, 9.17) is 11.6 Å². The zero-order chi connectivity index (χ0) is 15.4. The van der Waals surface area contributed by atoms with Crippen molar-refractivity contribution < 1.29 is 4.79 Å². The molecular formula is C16H14Br2ClNO. The third-order valence-corrected chi connectivity index (χ3v) is 4.19. The fourth-order valence-electron chi connectivity index (χ4n) is 2.04. The fourth-order valence-corrected chi connectivity index (χ4v) is 3.55. The largest absolute Gasteiger partial charge is 0.335 e. The number of nitrogens with zero attached hydrogens (tertiary/aromatic N) is 1. The Hall–Kier alpha value is -0.840. The molecule has 21 heavy (non-hydrogen) atoms. The lowest BCUT2D eigenvalue weighted by molar-refractivity contribution is 0.0752. The van der Waals surface area contributed by atoms with Crippen molar-refractivity contribution in [2.24, 2.45) is 0 Å². The number of carbonyl (C=O) groups excluding carboxylic acids is 1. The molecule has 0 unspecified atom stereocenters. The van der Waals surface area contributed by atoms with Crippen LogP contribution in [0.4, 0.5) is 0 Å². The van der Waals surface area contributed by atoms with Gasteiger partial charge in [-0.3, -0.25) is 4.79 Å². The van der Waals surface area contributed by atoms with Gasteiger partial charge in [0.1, 0.15) is 0 Å². The highest BCUT2D eigenvalue weighted by Gasteiger charge is 2.15. The lowest BCUT2D eigenvalue weighted by Crippen LogP contribution is -2.30. The summed E-state index contributed by atoms with van der Waals surface area (Å²) in [5.41, 5.74) is 1.67. The van der Waals surface area contributed by atoms with Crippen molar-refractivity contribution in [2.75, 3.05) is 6.54 Å². The SMILES string of the molecule is CCN(Cc1cccc(Cl)c1)C(=O)c1cc(Br)cc(Br)c1. The molecule has 2 nitrogen and oxygen atoms in total. The molecule has 110 valence electrons. The first kappa shape index (κ1) is 16.5. The first-order chi connectivity index (χ1) is 9.99. The highest BCUT2D eigenvalue weighted by atomic mass is 79.9. The number of hydrogen-bond donors (Lipinski definition) is 0. The molecule has 0 atom stereocenters. The van der Waals surface area contributed by atoms with E-state index in [0.717, 1.165) is 14.5 Å². The van der Waals surface area contributed by atoms with Crippen LogP contribution in [-0.2, 0) is 6.54 Å². The quantitative estimate of drug-likeness (QED) is 0.624. The molecular weight excluding hydrogens is 417 g/mol. The Kier molecular flexibility index (Phi) is 5.85. The van der Waals surface area contributed by atoms with Gasteiger partial charge in [0, 0.05) is 32.6 Å². The van der Waals surface area contributed by atoms with E-state index in [9.17, 15) is 4.79 Å². The molecule has 2 rings (SSSR count). The second kappa shape index (κ2) is 7.43. The van der Waals surface area contributed by atoms with Gasteiger partial charge in [-0.25, -0.2) is 0 Å². The Bertz CT molecular complexity index is 640. The second-order valence-electron chi connectivity index (χ2n) is 4.61. The van der Waals surface area contributed by atoms with Gasteiger partial charge in [-0.05, 0) is 42.8 Å². The van der Waals surface area contributed by atoms with Crippen LogP contribution in [0.5, 0.6) is 0 Å². The zero-order valence-corrected chi connectivity index (χ0v) is 15.4. The zero-order valence-electron chi connectivity index (χ0n) is 11.4. The van der Waals surface area contributed by atoms with Crippen LogP contribution >= 0.6 is 43.5 Å². The van der Waals surface area contributed by atoms with Crippen LogP contribution in [0.3, 0.4) is 0 Å². The molecule has 1 amide bonds. The molecule has 0 heterocycles. The van der Waals surface area contributed by atoms with E-state index in [-0.39, 0.29) is 5.91 Å². The molecule has 0 bridgehead atoms. The number of halogens is 3. The molecule has 2 aromatic rings. The summed E-state index contributed by atoms with van der Waals surface area (Å²) in [5.74, 6) is -0.000486. The van der Waals surface area contributed by atoms with Crippen molar-refractivity contribution in [2.45, 2.75) is 13.5 Å².